The molecule has 0 spiro atoms. The minimum Gasteiger partial charge on any atom is -0.388 e. The zero-order valence-electron chi connectivity index (χ0n) is 9.40. The number of likely N-dealkylation sites (N-methyl/N-ethyl adjacent to an activating group) is 1. The fraction of sp³-hybridized carbons (Fsp3) is 0.600. The highest BCUT2D eigenvalue weighted by molar-refractivity contribution is 5.76. The van der Waals surface area contributed by atoms with E-state index < -0.39 is 0 Å². The SMILES string of the molecule is CN(CCC(=N)N)CCc1cnn(C)c1. The molecule has 0 saturated carbocycles. The third kappa shape index (κ3) is 4.60. The maximum absolute atomic E-state index is 7.13. The molecule has 1 aromatic rings. The summed E-state index contributed by atoms with van der Waals surface area (Å²) in [6, 6.07) is 0. The molecule has 0 aliphatic rings. The molecular weight excluding hydrogens is 190 g/mol. The maximum atomic E-state index is 7.13. The lowest BCUT2D eigenvalue weighted by molar-refractivity contribution is 0.348. The second kappa shape index (κ2) is 5.50. The van der Waals surface area contributed by atoms with Crippen LogP contribution in [0.15, 0.2) is 12.4 Å². The monoisotopic (exact) mass is 209 g/mol. The summed E-state index contributed by atoms with van der Waals surface area (Å²) >= 11 is 0. The van der Waals surface area contributed by atoms with E-state index in [1.807, 2.05) is 31.2 Å². The van der Waals surface area contributed by atoms with E-state index >= 15 is 0 Å². The van der Waals surface area contributed by atoms with Gasteiger partial charge in [0.1, 0.15) is 0 Å². The number of hydrogen-bond acceptors (Lipinski definition) is 3. The van der Waals surface area contributed by atoms with Crippen molar-refractivity contribution in [3.63, 3.8) is 0 Å². The Morgan fingerprint density at radius 3 is 2.87 bits per heavy atom. The molecule has 1 rings (SSSR count). The van der Waals surface area contributed by atoms with Crippen LogP contribution in [0.5, 0.6) is 0 Å². The van der Waals surface area contributed by atoms with Crippen LogP contribution in [0.3, 0.4) is 0 Å². The number of amidine groups is 1. The highest BCUT2D eigenvalue weighted by Crippen LogP contribution is 1.99. The Bertz CT molecular complexity index is 317. The van der Waals surface area contributed by atoms with Gasteiger partial charge in [-0.25, -0.2) is 0 Å². The fourth-order valence-corrected chi connectivity index (χ4v) is 1.34. The first-order chi connectivity index (χ1) is 7.08. The predicted octanol–water partition coefficient (Wildman–Crippen LogP) is 0.220. The topological polar surface area (TPSA) is 70.9 Å². The van der Waals surface area contributed by atoms with Crippen molar-refractivity contribution < 1.29 is 0 Å². The molecular formula is C10H19N5. The van der Waals surface area contributed by atoms with Crippen molar-refractivity contribution in [3.8, 4) is 0 Å². The van der Waals surface area contributed by atoms with Crippen LogP contribution in [0.25, 0.3) is 0 Å². The molecule has 0 amide bonds. The lowest BCUT2D eigenvalue weighted by atomic mass is 10.2. The van der Waals surface area contributed by atoms with E-state index in [4.69, 9.17) is 11.1 Å². The standard InChI is InChI=1S/C10H19N5/c1-14(6-4-10(11)12)5-3-9-7-13-15(2)8-9/h7-8H,3-6H2,1-2H3,(H3,11,12). The molecule has 15 heavy (non-hydrogen) atoms. The third-order valence-corrected chi connectivity index (χ3v) is 2.30. The van der Waals surface area contributed by atoms with E-state index in [1.165, 1.54) is 5.56 Å². The summed E-state index contributed by atoms with van der Waals surface area (Å²) in [6.45, 7) is 1.81. The molecule has 3 N–H and O–H groups in total. The van der Waals surface area contributed by atoms with Gasteiger partial charge >= 0.3 is 0 Å². The quantitative estimate of drug-likeness (QED) is 0.520. The minimum atomic E-state index is 0.253. The Morgan fingerprint density at radius 1 is 1.60 bits per heavy atom. The Kier molecular flexibility index (Phi) is 4.30. The molecule has 0 radical (unpaired) electrons. The van der Waals surface area contributed by atoms with Gasteiger partial charge in [-0.3, -0.25) is 10.1 Å². The minimum absolute atomic E-state index is 0.253. The van der Waals surface area contributed by atoms with E-state index in [2.05, 4.69) is 10.00 Å². The average molecular weight is 209 g/mol. The van der Waals surface area contributed by atoms with Gasteiger partial charge in [0.15, 0.2) is 0 Å². The van der Waals surface area contributed by atoms with Crippen molar-refractivity contribution in [1.82, 2.24) is 14.7 Å². The molecule has 0 aromatic carbocycles. The number of aryl methyl sites for hydroxylation is 1. The highest BCUT2D eigenvalue weighted by atomic mass is 15.2. The van der Waals surface area contributed by atoms with Crippen molar-refractivity contribution in [1.29, 1.82) is 5.41 Å². The first-order valence-electron chi connectivity index (χ1n) is 5.07. The molecule has 0 bridgehead atoms. The molecule has 0 unspecified atom stereocenters. The molecule has 1 aromatic heterocycles. The number of nitrogens with two attached hydrogens (primary N) is 1. The normalized spacial score (nSPS) is 10.9. The van der Waals surface area contributed by atoms with Crippen LogP contribution in [0.1, 0.15) is 12.0 Å². The molecule has 0 aliphatic carbocycles. The van der Waals surface area contributed by atoms with E-state index in [1.54, 1.807) is 0 Å². The van der Waals surface area contributed by atoms with Crippen molar-refractivity contribution in [2.24, 2.45) is 12.8 Å². The summed E-state index contributed by atoms with van der Waals surface area (Å²) in [7, 11) is 3.96. The fourth-order valence-electron chi connectivity index (χ4n) is 1.34. The van der Waals surface area contributed by atoms with Gasteiger partial charge in [-0.15, -0.1) is 0 Å². The van der Waals surface area contributed by atoms with Crippen LogP contribution in [-0.2, 0) is 13.5 Å². The Balaban J connectivity index is 2.22. The summed E-state index contributed by atoms with van der Waals surface area (Å²) in [5.74, 6) is 0.253. The van der Waals surface area contributed by atoms with Gasteiger partial charge in [0.25, 0.3) is 0 Å². The van der Waals surface area contributed by atoms with E-state index in [0.29, 0.717) is 6.42 Å². The molecule has 84 valence electrons. The van der Waals surface area contributed by atoms with Crippen LogP contribution in [0, 0.1) is 5.41 Å². The van der Waals surface area contributed by atoms with Gasteiger partial charge in [0.05, 0.1) is 12.0 Å². The van der Waals surface area contributed by atoms with Crippen LogP contribution in [-0.4, -0.2) is 40.7 Å². The van der Waals surface area contributed by atoms with Crippen molar-refractivity contribution >= 4 is 5.84 Å². The largest absolute Gasteiger partial charge is 0.388 e. The van der Waals surface area contributed by atoms with E-state index in [9.17, 15) is 0 Å². The Morgan fingerprint density at radius 2 is 2.33 bits per heavy atom. The Labute approximate surface area is 90.4 Å². The van der Waals surface area contributed by atoms with Gasteiger partial charge in [-0.1, -0.05) is 0 Å². The molecule has 0 atom stereocenters. The number of aromatic nitrogens is 2. The van der Waals surface area contributed by atoms with Crippen molar-refractivity contribution in [2.75, 3.05) is 20.1 Å². The molecule has 0 aliphatic heterocycles. The summed E-state index contributed by atoms with van der Waals surface area (Å²) in [6.07, 6.45) is 5.55. The lowest BCUT2D eigenvalue weighted by Crippen LogP contribution is -2.26. The van der Waals surface area contributed by atoms with Crippen LogP contribution >= 0.6 is 0 Å². The van der Waals surface area contributed by atoms with E-state index in [-0.39, 0.29) is 5.84 Å². The van der Waals surface area contributed by atoms with Gasteiger partial charge in [0.2, 0.25) is 0 Å². The highest BCUT2D eigenvalue weighted by Gasteiger charge is 2.01. The first-order valence-corrected chi connectivity index (χ1v) is 5.07. The molecule has 5 nitrogen and oxygen atoms in total. The number of nitrogens with zero attached hydrogens (tertiary/aromatic N) is 3. The zero-order valence-corrected chi connectivity index (χ0v) is 9.40. The lowest BCUT2D eigenvalue weighted by Gasteiger charge is -2.15. The summed E-state index contributed by atoms with van der Waals surface area (Å²) in [5, 5.41) is 11.2. The van der Waals surface area contributed by atoms with Crippen LogP contribution < -0.4 is 5.73 Å². The number of rotatable bonds is 6. The van der Waals surface area contributed by atoms with Crippen molar-refractivity contribution in [2.45, 2.75) is 12.8 Å². The zero-order chi connectivity index (χ0) is 11.3. The first kappa shape index (κ1) is 11.7. The second-order valence-corrected chi connectivity index (χ2v) is 3.85. The van der Waals surface area contributed by atoms with Gasteiger partial charge in [0, 0.05) is 32.8 Å². The van der Waals surface area contributed by atoms with Gasteiger partial charge in [-0.2, -0.15) is 5.10 Å². The van der Waals surface area contributed by atoms with Gasteiger partial charge < -0.3 is 10.6 Å². The Hall–Kier alpha value is -1.36. The second-order valence-electron chi connectivity index (χ2n) is 3.85. The predicted molar refractivity (Wildman–Crippen MR) is 60.9 cm³/mol. The van der Waals surface area contributed by atoms with Crippen LogP contribution in [0.4, 0.5) is 0 Å². The summed E-state index contributed by atoms with van der Waals surface area (Å²) < 4.78 is 1.81. The molecule has 5 heteroatoms. The summed E-state index contributed by atoms with van der Waals surface area (Å²) in [4.78, 5) is 2.17. The average Bonchev–Trinajstić information content (AvgIpc) is 2.58. The molecule has 0 fully saturated rings. The third-order valence-electron chi connectivity index (χ3n) is 2.30. The molecule has 1 heterocycles. The number of nitrogens with one attached hydrogen (secondary N) is 1. The maximum Gasteiger partial charge on any atom is 0.0918 e. The smallest absolute Gasteiger partial charge is 0.0918 e. The van der Waals surface area contributed by atoms with E-state index in [0.717, 1.165) is 19.5 Å². The number of hydrogen-bond donors (Lipinski definition) is 2. The molecule has 0 saturated heterocycles. The summed E-state index contributed by atoms with van der Waals surface area (Å²) in [5.41, 5.74) is 6.54. The van der Waals surface area contributed by atoms with Crippen molar-refractivity contribution in [3.05, 3.63) is 18.0 Å². The van der Waals surface area contributed by atoms with Crippen LogP contribution in [0.2, 0.25) is 0 Å². The van der Waals surface area contributed by atoms with Gasteiger partial charge in [-0.05, 0) is 19.0 Å².